The first-order valence-corrected chi connectivity index (χ1v) is 7.51. The van der Waals surface area contributed by atoms with Crippen LogP contribution >= 0.6 is 0 Å². The largest absolute Gasteiger partial charge is 0.326 e. The number of sulfonamides is 1. The molecule has 18 heavy (non-hydrogen) atoms. The van der Waals surface area contributed by atoms with E-state index in [1.54, 1.807) is 24.3 Å². The van der Waals surface area contributed by atoms with Crippen LogP contribution in [0.25, 0.3) is 0 Å². The van der Waals surface area contributed by atoms with Gasteiger partial charge in [-0.3, -0.25) is 4.79 Å². The molecule has 3 N–H and O–H groups in total. The summed E-state index contributed by atoms with van der Waals surface area (Å²) in [6.07, 6.45) is 2.26. The van der Waals surface area contributed by atoms with Crippen molar-refractivity contribution in [1.29, 1.82) is 0 Å². The van der Waals surface area contributed by atoms with Gasteiger partial charge in [0.1, 0.15) is 0 Å². The van der Waals surface area contributed by atoms with Crippen molar-refractivity contribution in [1.82, 2.24) is 0 Å². The summed E-state index contributed by atoms with van der Waals surface area (Å²) in [4.78, 5) is 11.5. The van der Waals surface area contributed by atoms with Crippen molar-refractivity contribution in [2.45, 2.75) is 31.9 Å². The Morgan fingerprint density at radius 3 is 2.72 bits per heavy atom. The van der Waals surface area contributed by atoms with Gasteiger partial charge in [-0.1, -0.05) is 25.5 Å². The van der Waals surface area contributed by atoms with Gasteiger partial charge >= 0.3 is 0 Å². The van der Waals surface area contributed by atoms with E-state index in [1.165, 1.54) is 0 Å². The van der Waals surface area contributed by atoms with E-state index in [9.17, 15) is 13.2 Å². The van der Waals surface area contributed by atoms with Crippen molar-refractivity contribution < 1.29 is 13.2 Å². The van der Waals surface area contributed by atoms with Gasteiger partial charge in [0.2, 0.25) is 15.9 Å². The number of anilines is 1. The molecule has 0 fully saturated rings. The molecule has 5 nitrogen and oxygen atoms in total. The Kier molecular flexibility index (Phi) is 5.30. The second-order valence-corrected chi connectivity index (χ2v) is 5.77. The zero-order chi connectivity index (χ0) is 13.6. The van der Waals surface area contributed by atoms with Gasteiger partial charge < -0.3 is 5.32 Å². The van der Waals surface area contributed by atoms with Crippen LogP contribution in [0.3, 0.4) is 0 Å². The quantitative estimate of drug-likeness (QED) is 0.822. The zero-order valence-corrected chi connectivity index (χ0v) is 11.2. The molecule has 0 aromatic heterocycles. The predicted octanol–water partition coefficient (Wildman–Crippen LogP) is 1.60. The van der Waals surface area contributed by atoms with Gasteiger partial charge in [-0.25, -0.2) is 13.6 Å². The van der Waals surface area contributed by atoms with E-state index >= 15 is 0 Å². The van der Waals surface area contributed by atoms with Gasteiger partial charge in [-0.2, -0.15) is 0 Å². The highest BCUT2D eigenvalue weighted by Gasteiger charge is 2.06. The minimum atomic E-state index is -3.55. The summed E-state index contributed by atoms with van der Waals surface area (Å²) in [7, 11) is -3.55. The van der Waals surface area contributed by atoms with E-state index in [0.717, 1.165) is 12.8 Å². The molecule has 0 bridgehead atoms. The van der Waals surface area contributed by atoms with E-state index < -0.39 is 10.0 Å². The first-order chi connectivity index (χ1) is 8.40. The average molecular weight is 270 g/mol. The van der Waals surface area contributed by atoms with E-state index in [4.69, 9.17) is 5.14 Å². The fourth-order valence-electron chi connectivity index (χ4n) is 1.53. The molecule has 1 amide bonds. The molecular weight excluding hydrogens is 252 g/mol. The maximum absolute atomic E-state index is 11.5. The summed E-state index contributed by atoms with van der Waals surface area (Å²) in [6.45, 7) is 2.01. The average Bonchev–Trinajstić information content (AvgIpc) is 2.24. The molecule has 0 saturated carbocycles. The van der Waals surface area contributed by atoms with Gasteiger partial charge in [-0.15, -0.1) is 0 Å². The molecule has 0 spiro atoms. The Morgan fingerprint density at radius 2 is 2.11 bits per heavy atom. The van der Waals surface area contributed by atoms with Crippen molar-refractivity contribution in [2.24, 2.45) is 5.14 Å². The first-order valence-electron chi connectivity index (χ1n) is 5.80. The van der Waals surface area contributed by atoms with Crippen LogP contribution < -0.4 is 10.5 Å². The van der Waals surface area contributed by atoms with Crippen LogP contribution in [0, 0.1) is 0 Å². The summed E-state index contributed by atoms with van der Waals surface area (Å²) < 4.78 is 21.9. The van der Waals surface area contributed by atoms with Crippen LogP contribution in [0.4, 0.5) is 5.69 Å². The van der Waals surface area contributed by atoms with Gasteiger partial charge in [0.25, 0.3) is 0 Å². The molecule has 1 aromatic carbocycles. The maximum atomic E-state index is 11.5. The van der Waals surface area contributed by atoms with E-state index in [0.29, 0.717) is 17.7 Å². The minimum Gasteiger partial charge on any atom is -0.326 e. The number of benzene rings is 1. The second kappa shape index (κ2) is 6.51. The summed E-state index contributed by atoms with van der Waals surface area (Å²) >= 11 is 0. The van der Waals surface area contributed by atoms with Crippen molar-refractivity contribution in [3.05, 3.63) is 29.8 Å². The maximum Gasteiger partial charge on any atom is 0.224 e. The number of rotatable bonds is 6. The number of amides is 1. The lowest BCUT2D eigenvalue weighted by Gasteiger charge is -2.06. The third-order valence-corrected chi connectivity index (χ3v) is 3.07. The van der Waals surface area contributed by atoms with Crippen LogP contribution in [-0.2, 0) is 20.6 Å². The predicted molar refractivity (Wildman–Crippen MR) is 71.4 cm³/mol. The zero-order valence-electron chi connectivity index (χ0n) is 10.3. The molecule has 0 aliphatic heterocycles. The monoisotopic (exact) mass is 270 g/mol. The highest BCUT2D eigenvalue weighted by Crippen LogP contribution is 2.13. The highest BCUT2D eigenvalue weighted by atomic mass is 32.2. The Balaban J connectivity index is 2.68. The molecule has 0 radical (unpaired) electrons. The lowest BCUT2D eigenvalue weighted by molar-refractivity contribution is -0.116. The molecule has 0 atom stereocenters. The first kappa shape index (κ1) is 14.7. The molecule has 0 aliphatic rings. The Morgan fingerprint density at radius 1 is 1.39 bits per heavy atom. The molecule has 6 heteroatoms. The topological polar surface area (TPSA) is 89.3 Å². The number of nitrogens with one attached hydrogen (secondary N) is 1. The molecule has 0 aliphatic carbocycles. The van der Waals surface area contributed by atoms with Crippen molar-refractivity contribution >= 4 is 21.6 Å². The summed E-state index contributed by atoms with van der Waals surface area (Å²) in [6, 6.07) is 6.69. The van der Waals surface area contributed by atoms with Crippen LogP contribution in [0.1, 0.15) is 31.7 Å². The van der Waals surface area contributed by atoms with E-state index in [-0.39, 0.29) is 11.7 Å². The second-order valence-electron chi connectivity index (χ2n) is 4.16. The third-order valence-electron chi connectivity index (χ3n) is 2.34. The number of hydrogen-bond donors (Lipinski definition) is 2. The van der Waals surface area contributed by atoms with Gasteiger partial charge in [0, 0.05) is 12.1 Å². The molecule has 0 unspecified atom stereocenters. The molecule has 0 saturated heterocycles. The van der Waals surface area contributed by atoms with Crippen molar-refractivity contribution in [2.75, 3.05) is 5.32 Å². The number of carbonyl (C=O) groups excluding carboxylic acids is 1. The van der Waals surface area contributed by atoms with Crippen molar-refractivity contribution in [3.63, 3.8) is 0 Å². The third kappa shape index (κ3) is 5.79. The fraction of sp³-hybridized carbons (Fsp3) is 0.417. The van der Waals surface area contributed by atoms with Gasteiger partial charge in [-0.05, 0) is 24.1 Å². The Hall–Kier alpha value is -1.40. The molecule has 0 heterocycles. The van der Waals surface area contributed by atoms with Crippen molar-refractivity contribution in [3.8, 4) is 0 Å². The standard InChI is InChI=1S/C12H18N2O3S/c1-2-3-7-12(15)14-11-6-4-5-10(8-11)9-18(13,16)17/h4-6,8H,2-3,7,9H2,1H3,(H,14,15)(H2,13,16,17). The number of unbranched alkanes of at least 4 members (excludes halogenated alkanes) is 1. The Bertz CT molecular complexity index is 512. The summed E-state index contributed by atoms with van der Waals surface area (Å²) in [5.74, 6) is -0.296. The minimum absolute atomic E-state index is 0.0652. The lowest BCUT2D eigenvalue weighted by atomic mass is 10.2. The van der Waals surface area contributed by atoms with E-state index in [1.807, 2.05) is 6.92 Å². The molecular formula is C12H18N2O3S. The number of primary sulfonamides is 1. The van der Waals surface area contributed by atoms with Crippen LogP contribution in [0.5, 0.6) is 0 Å². The summed E-state index contributed by atoms with van der Waals surface area (Å²) in [5, 5.41) is 7.70. The molecule has 1 aromatic rings. The SMILES string of the molecule is CCCCC(=O)Nc1cccc(CS(N)(=O)=O)c1. The lowest BCUT2D eigenvalue weighted by Crippen LogP contribution is -2.15. The van der Waals surface area contributed by atoms with Crippen LogP contribution in [-0.4, -0.2) is 14.3 Å². The molecule has 1 rings (SSSR count). The number of hydrogen-bond acceptors (Lipinski definition) is 3. The number of nitrogens with two attached hydrogens (primary N) is 1. The highest BCUT2D eigenvalue weighted by molar-refractivity contribution is 7.88. The fourth-order valence-corrected chi connectivity index (χ4v) is 2.18. The molecule has 100 valence electrons. The van der Waals surface area contributed by atoms with Gasteiger partial charge in [0.15, 0.2) is 0 Å². The van der Waals surface area contributed by atoms with Gasteiger partial charge in [0.05, 0.1) is 5.75 Å². The number of carbonyl (C=O) groups is 1. The van der Waals surface area contributed by atoms with E-state index in [2.05, 4.69) is 5.32 Å². The Labute approximate surface area is 107 Å². The normalized spacial score (nSPS) is 11.2. The smallest absolute Gasteiger partial charge is 0.224 e. The van der Waals surface area contributed by atoms with Crippen LogP contribution in [0.2, 0.25) is 0 Å². The van der Waals surface area contributed by atoms with Crippen LogP contribution in [0.15, 0.2) is 24.3 Å². The summed E-state index contributed by atoms with van der Waals surface area (Å²) in [5.41, 5.74) is 1.16.